The molecule has 0 radical (unpaired) electrons. The molecule has 0 aromatic carbocycles. The molecule has 0 amide bonds. The highest BCUT2D eigenvalue weighted by atomic mass is 16.7. The van der Waals surface area contributed by atoms with Gasteiger partial charge in [-0.2, -0.15) is 0 Å². The van der Waals surface area contributed by atoms with Crippen molar-refractivity contribution < 1.29 is 19.4 Å². The van der Waals surface area contributed by atoms with Gasteiger partial charge in [-0.25, -0.2) is 4.79 Å². The van der Waals surface area contributed by atoms with E-state index in [1.165, 1.54) is 6.92 Å². The van der Waals surface area contributed by atoms with Crippen molar-refractivity contribution in [1.82, 2.24) is 0 Å². The Hall–Kier alpha value is -0.870. The van der Waals surface area contributed by atoms with E-state index in [4.69, 9.17) is 14.6 Å². The molecule has 1 heterocycles. The van der Waals surface area contributed by atoms with E-state index in [9.17, 15) is 4.79 Å². The Balaban J connectivity index is 2.49. The highest BCUT2D eigenvalue weighted by molar-refractivity contribution is 5.85. The van der Waals surface area contributed by atoms with Crippen LogP contribution in [-0.4, -0.2) is 30.6 Å². The average molecular weight is 158 g/mol. The van der Waals surface area contributed by atoms with Crippen molar-refractivity contribution in [1.29, 1.82) is 0 Å². The van der Waals surface area contributed by atoms with Gasteiger partial charge < -0.3 is 14.6 Å². The Labute approximate surface area is 64.4 Å². The van der Waals surface area contributed by atoms with Crippen molar-refractivity contribution in [3.63, 3.8) is 0 Å². The van der Waals surface area contributed by atoms with Crippen LogP contribution in [0.4, 0.5) is 0 Å². The van der Waals surface area contributed by atoms with Crippen molar-refractivity contribution in [2.24, 2.45) is 0 Å². The number of hydrogen-bond donors (Lipinski definition) is 1. The highest BCUT2D eigenvalue weighted by Crippen LogP contribution is 2.06. The number of carboxylic acid groups (broad SMARTS) is 1. The third kappa shape index (κ3) is 2.32. The zero-order valence-electron chi connectivity index (χ0n) is 6.24. The molecule has 4 heteroatoms. The summed E-state index contributed by atoms with van der Waals surface area (Å²) < 4.78 is 9.89. The molecule has 4 nitrogen and oxygen atoms in total. The number of aliphatic carboxylic acids is 1. The maximum Gasteiger partial charge on any atom is 0.331 e. The maximum absolute atomic E-state index is 10.3. The van der Waals surface area contributed by atoms with Gasteiger partial charge in [0.2, 0.25) is 0 Å². The van der Waals surface area contributed by atoms with Gasteiger partial charge in [0.1, 0.15) is 12.9 Å². The number of carbonyl (C=O) groups is 1. The van der Waals surface area contributed by atoms with E-state index in [1.54, 1.807) is 6.08 Å². The Morgan fingerprint density at radius 3 is 2.91 bits per heavy atom. The van der Waals surface area contributed by atoms with E-state index in [1.807, 2.05) is 0 Å². The van der Waals surface area contributed by atoms with E-state index >= 15 is 0 Å². The zero-order chi connectivity index (χ0) is 8.27. The second-order valence-electron chi connectivity index (χ2n) is 2.35. The van der Waals surface area contributed by atoms with Crippen LogP contribution in [0, 0.1) is 0 Å². The summed E-state index contributed by atoms with van der Waals surface area (Å²) in [5, 5.41) is 8.48. The van der Waals surface area contributed by atoms with E-state index in [0.717, 1.165) is 0 Å². The summed E-state index contributed by atoms with van der Waals surface area (Å²) in [6.45, 7) is 2.24. The van der Waals surface area contributed by atoms with Gasteiger partial charge in [0.05, 0.1) is 6.61 Å². The summed E-state index contributed by atoms with van der Waals surface area (Å²) in [4.78, 5) is 10.3. The fourth-order valence-corrected chi connectivity index (χ4v) is 0.794. The van der Waals surface area contributed by atoms with Crippen LogP contribution in [0.15, 0.2) is 11.6 Å². The lowest BCUT2D eigenvalue weighted by molar-refractivity contribution is -0.132. The van der Waals surface area contributed by atoms with Gasteiger partial charge in [0.25, 0.3) is 0 Å². The summed E-state index contributed by atoms with van der Waals surface area (Å²) in [7, 11) is 0. The summed E-state index contributed by atoms with van der Waals surface area (Å²) in [5.74, 6) is -0.916. The monoisotopic (exact) mass is 158 g/mol. The standard InChI is InChI=1S/C7H10O4/c1-5(7(8)9)2-6-3-10-4-11-6/h2,6H,3-4H2,1H3,(H,8,9)/b5-2+. The third-order valence-corrected chi connectivity index (χ3v) is 1.42. The van der Waals surface area contributed by atoms with Crippen LogP contribution in [0.1, 0.15) is 6.92 Å². The minimum Gasteiger partial charge on any atom is -0.478 e. The molecule has 11 heavy (non-hydrogen) atoms. The third-order valence-electron chi connectivity index (χ3n) is 1.42. The summed E-state index contributed by atoms with van der Waals surface area (Å²) >= 11 is 0. The first-order valence-corrected chi connectivity index (χ1v) is 3.31. The molecule has 0 saturated carbocycles. The summed E-state index contributed by atoms with van der Waals surface area (Å²) in [6.07, 6.45) is 1.36. The minimum atomic E-state index is -0.916. The largest absolute Gasteiger partial charge is 0.478 e. The summed E-state index contributed by atoms with van der Waals surface area (Å²) in [6, 6.07) is 0. The molecule has 1 unspecified atom stereocenters. The number of hydrogen-bond acceptors (Lipinski definition) is 3. The lowest BCUT2D eigenvalue weighted by Gasteiger charge is -1.99. The zero-order valence-corrected chi connectivity index (χ0v) is 6.24. The van der Waals surface area contributed by atoms with Crippen LogP contribution in [0.5, 0.6) is 0 Å². The highest BCUT2D eigenvalue weighted by Gasteiger charge is 2.14. The van der Waals surface area contributed by atoms with Crippen molar-refractivity contribution in [3.8, 4) is 0 Å². The fraction of sp³-hybridized carbons (Fsp3) is 0.571. The topological polar surface area (TPSA) is 55.8 Å². The predicted octanol–water partition coefficient (Wildman–Crippen LogP) is 0.390. The second-order valence-corrected chi connectivity index (χ2v) is 2.35. The lowest BCUT2D eigenvalue weighted by atomic mass is 10.2. The quantitative estimate of drug-likeness (QED) is 0.590. The van der Waals surface area contributed by atoms with Crippen LogP contribution in [0.3, 0.4) is 0 Å². The van der Waals surface area contributed by atoms with Gasteiger partial charge in [-0.3, -0.25) is 0 Å². The normalized spacial score (nSPS) is 25.5. The predicted molar refractivity (Wildman–Crippen MR) is 37.1 cm³/mol. The van der Waals surface area contributed by atoms with Crippen LogP contribution < -0.4 is 0 Å². The molecular weight excluding hydrogens is 148 g/mol. The molecule has 1 rings (SSSR count). The molecule has 0 bridgehead atoms. The van der Waals surface area contributed by atoms with E-state index in [-0.39, 0.29) is 12.9 Å². The molecular formula is C7H10O4. The Morgan fingerprint density at radius 2 is 2.45 bits per heavy atom. The Morgan fingerprint density at radius 1 is 1.73 bits per heavy atom. The number of carboxylic acids is 1. The Bertz CT molecular complexity index is 179. The molecule has 1 N–H and O–H groups in total. The fourth-order valence-electron chi connectivity index (χ4n) is 0.794. The molecule has 1 fully saturated rings. The first-order valence-electron chi connectivity index (χ1n) is 3.31. The first kappa shape index (κ1) is 8.23. The molecule has 1 aliphatic rings. The molecule has 62 valence electrons. The summed E-state index contributed by atoms with van der Waals surface area (Å²) in [5.41, 5.74) is 0.292. The van der Waals surface area contributed by atoms with E-state index < -0.39 is 5.97 Å². The molecule has 1 atom stereocenters. The SMILES string of the molecule is C/C(=C\C1COCO1)C(=O)O. The second kappa shape index (κ2) is 3.50. The Kier molecular flexibility index (Phi) is 2.62. The van der Waals surface area contributed by atoms with Crippen LogP contribution in [0.25, 0.3) is 0 Å². The number of rotatable bonds is 2. The van der Waals surface area contributed by atoms with Crippen LogP contribution in [-0.2, 0) is 14.3 Å². The van der Waals surface area contributed by atoms with Gasteiger partial charge in [-0.1, -0.05) is 0 Å². The van der Waals surface area contributed by atoms with E-state index in [0.29, 0.717) is 12.2 Å². The molecule has 0 aromatic heterocycles. The van der Waals surface area contributed by atoms with Gasteiger partial charge >= 0.3 is 5.97 Å². The van der Waals surface area contributed by atoms with Gasteiger partial charge in [0.15, 0.2) is 0 Å². The van der Waals surface area contributed by atoms with Crippen molar-refractivity contribution >= 4 is 5.97 Å². The smallest absolute Gasteiger partial charge is 0.331 e. The molecule has 1 aliphatic heterocycles. The first-order chi connectivity index (χ1) is 5.20. The van der Waals surface area contributed by atoms with Gasteiger partial charge in [0, 0.05) is 5.57 Å². The molecule has 0 aromatic rings. The van der Waals surface area contributed by atoms with Crippen molar-refractivity contribution in [3.05, 3.63) is 11.6 Å². The van der Waals surface area contributed by atoms with Crippen LogP contribution in [0.2, 0.25) is 0 Å². The van der Waals surface area contributed by atoms with Gasteiger partial charge in [-0.05, 0) is 13.0 Å². The molecule has 0 aliphatic carbocycles. The average Bonchev–Trinajstić information content (AvgIpc) is 2.39. The minimum absolute atomic E-state index is 0.189. The van der Waals surface area contributed by atoms with Gasteiger partial charge in [-0.15, -0.1) is 0 Å². The van der Waals surface area contributed by atoms with Crippen LogP contribution >= 0.6 is 0 Å². The van der Waals surface area contributed by atoms with E-state index in [2.05, 4.69) is 0 Å². The molecule has 1 saturated heterocycles. The number of ether oxygens (including phenoxy) is 2. The maximum atomic E-state index is 10.3. The molecule has 0 spiro atoms. The van der Waals surface area contributed by atoms with Crippen molar-refractivity contribution in [2.45, 2.75) is 13.0 Å². The lowest BCUT2D eigenvalue weighted by Crippen LogP contribution is -2.08. The van der Waals surface area contributed by atoms with Crippen molar-refractivity contribution in [2.75, 3.05) is 13.4 Å².